The van der Waals surface area contributed by atoms with Gasteiger partial charge < -0.3 is 10.2 Å². The van der Waals surface area contributed by atoms with Gasteiger partial charge in [0.25, 0.3) is 0 Å². The van der Waals surface area contributed by atoms with Crippen LogP contribution in [0.1, 0.15) is 12.5 Å². The number of likely N-dealkylation sites (tertiary alicyclic amines) is 1. The summed E-state index contributed by atoms with van der Waals surface area (Å²) in [5, 5.41) is 4.69. The van der Waals surface area contributed by atoms with Gasteiger partial charge in [-0.1, -0.05) is 41.1 Å². The molecule has 7 heteroatoms. The van der Waals surface area contributed by atoms with Gasteiger partial charge in [-0.3, -0.25) is 9.59 Å². The quantitative estimate of drug-likeness (QED) is 0.741. The highest BCUT2D eigenvalue weighted by molar-refractivity contribution is 9.10. The first-order valence-electron chi connectivity index (χ1n) is 9.92. The maximum absolute atomic E-state index is 13.2. The molecule has 2 saturated heterocycles. The molecule has 2 fully saturated rings. The van der Waals surface area contributed by atoms with E-state index in [4.69, 9.17) is 0 Å². The molecule has 0 spiro atoms. The fourth-order valence-corrected chi connectivity index (χ4v) is 4.68. The van der Waals surface area contributed by atoms with E-state index < -0.39 is 0 Å². The van der Waals surface area contributed by atoms with E-state index in [0.717, 1.165) is 28.0 Å². The Morgan fingerprint density at radius 1 is 1.21 bits per heavy atom. The number of hydrogen-bond donors (Lipinski definition) is 2. The number of rotatable bonds is 4. The Morgan fingerprint density at radius 2 is 1.97 bits per heavy atom. The maximum atomic E-state index is 13.2. The molecule has 3 atom stereocenters. The lowest BCUT2D eigenvalue weighted by atomic mass is 9.84. The summed E-state index contributed by atoms with van der Waals surface area (Å²) in [7, 11) is 0. The number of nitrogens with one attached hydrogen (secondary N) is 2. The Hall–Kier alpha value is -2.22. The first kappa shape index (κ1) is 20.1. The van der Waals surface area contributed by atoms with Crippen LogP contribution in [-0.2, 0) is 9.59 Å². The summed E-state index contributed by atoms with van der Waals surface area (Å²) >= 11 is 3.46. The molecule has 0 aliphatic carbocycles. The van der Waals surface area contributed by atoms with Crippen molar-refractivity contribution in [3.63, 3.8) is 0 Å². The Labute approximate surface area is 179 Å². The van der Waals surface area contributed by atoms with E-state index in [-0.39, 0.29) is 29.7 Å². The third kappa shape index (κ3) is 3.95. The second kappa shape index (κ2) is 8.26. The van der Waals surface area contributed by atoms with Crippen LogP contribution in [0.4, 0.5) is 11.4 Å². The van der Waals surface area contributed by atoms with Crippen LogP contribution in [-0.4, -0.2) is 42.4 Å². The number of anilines is 2. The van der Waals surface area contributed by atoms with Gasteiger partial charge in [-0.15, -0.1) is 0 Å². The van der Waals surface area contributed by atoms with Crippen molar-refractivity contribution in [3.8, 4) is 0 Å². The van der Waals surface area contributed by atoms with E-state index in [1.807, 2.05) is 55.5 Å². The molecule has 3 unspecified atom stereocenters. The van der Waals surface area contributed by atoms with Crippen LogP contribution in [0.5, 0.6) is 0 Å². The smallest absolute Gasteiger partial charge is 0.247 e. The molecule has 2 aliphatic rings. The highest BCUT2D eigenvalue weighted by Crippen LogP contribution is 2.32. The number of fused-ring (bicyclic) bond motifs is 1. The maximum Gasteiger partial charge on any atom is 0.247 e. The summed E-state index contributed by atoms with van der Waals surface area (Å²) in [5.74, 6) is -0.601. The monoisotopic (exact) mass is 456 g/mol. The Morgan fingerprint density at radius 3 is 2.66 bits per heavy atom. The van der Waals surface area contributed by atoms with E-state index in [1.54, 1.807) is 5.01 Å². The number of para-hydroxylation sites is 1. The molecule has 2 N–H and O–H groups in total. The van der Waals surface area contributed by atoms with Crippen LogP contribution < -0.4 is 15.8 Å². The zero-order chi connectivity index (χ0) is 20.5. The summed E-state index contributed by atoms with van der Waals surface area (Å²) in [6, 6.07) is 15.1. The number of hydrazine groups is 1. The summed E-state index contributed by atoms with van der Waals surface area (Å²) < 4.78 is 0.976. The normalized spacial score (nSPS) is 24.4. The van der Waals surface area contributed by atoms with Crippen LogP contribution >= 0.6 is 15.9 Å². The fraction of sp³-hybridized carbons (Fsp3) is 0.364. The number of hydrogen-bond acceptors (Lipinski definition) is 4. The SMILES string of the molecule is CCN1CC(C(=O)Nc2ccc(Br)cc2C)C2NN(c3ccccc3)C(=O)C2C1. The van der Waals surface area contributed by atoms with E-state index in [1.165, 1.54) is 0 Å². The predicted molar refractivity (Wildman–Crippen MR) is 117 cm³/mol. The van der Waals surface area contributed by atoms with Gasteiger partial charge in [-0.05, 0) is 49.4 Å². The van der Waals surface area contributed by atoms with Crippen molar-refractivity contribution < 1.29 is 9.59 Å². The van der Waals surface area contributed by atoms with Gasteiger partial charge in [0, 0.05) is 23.2 Å². The average molecular weight is 457 g/mol. The lowest BCUT2D eigenvalue weighted by Crippen LogP contribution is -2.55. The fourth-order valence-electron chi connectivity index (χ4n) is 4.20. The predicted octanol–water partition coefficient (Wildman–Crippen LogP) is 3.18. The van der Waals surface area contributed by atoms with E-state index >= 15 is 0 Å². The van der Waals surface area contributed by atoms with Crippen molar-refractivity contribution in [2.24, 2.45) is 11.8 Å². The molecular formula is C22H25BrN4O2. The van der Waals surface area contributed by atoms with Crippen LogP contribution in [0.15, 0.2) is 53.0 Å². The van der Waals surface area contributed by atoms with Crippen molar-refractivity contribution in [1.82, 2.24) is 10.3 Å². The topological polar surface area (TPSA) is 64.7 Å². The second-order valence-electron chi connectivity index (χ2n) is 7.68. The number of amides is 2. The number of nitrogens with zero attached hydrogens (tertiary/aromatic N) is 2. The molecule has 6 nitrogen and oxygen atoms in total. The molecule has 0 bridgehead atoms. The minimum Gasteiger partial charge on any atom is -0.326 e. The number of benzene rings is 2. The third-order valence-electron chi connectivity index (χ3n) is 5.84. The lowest BCUT2D eigenvalue weighted by molar-refractivity contribution is -0.126. The number of carbonyl (C=O) groups excluding carboxylic acids is 2. The highest BCUT2D eigenvalue weighted by Gasteiger charge is 2.50. The average Bonchev–Trinajstić information content (AvgIpc) is 3.06. The molecule has 0 radical (unpaired) electrons. The van der Waals surface area contributed by atoms with Crippen molar-refractivity contribution >= 4 is 39.1 Å². The Balaban J connectivity index is 1.58. The summed E-state index contributed by atoms with van der Waals surface area (Å²) in [6.45, 7) is 6.13. The van der Waals surface area contributed by atoms with E-state index in [0.29, 0.717) is 13.1 Å². The van der Waals surface area contributed by atoms with Crippen LogP contribution in [0.3, 0.4) is 0 Å². The van der Waals surface area contributed by atoms with Crippen molar-refractivity contribution in [1.29, 1.82) is 0 Å². The zero-order valence-electron chi connectivity index (χ0n) is 16.6. The molecule has 2 aliphatic heterocycles. The standard InChI is InChI=1S/C22H25BrN4O2/c1-3-26-12-17(21(28)24-19-10-9-15(23)11-14(19)2)20-18(13-26)22(29)27(25-20)16-7-5-4-6-8-16/h4-11,17-18,20,25H,3,12-13H2,1-2H3,(H,24,28). The molecule has 2 heterocycles. The number of halogens is 1. The number of carbonyl (C=O) groups is 2. The largest absolute Gasteiger partial charge is 0.326 e. The molecule has 4 rings (SSSR count). The van der Waals surface area contributed by atoms with Gasteiger partial charge in [0.15, 0.2) is 0 Å². The minimum atomic E-state index is -0.325. The summed E-state index contributed by atoms with van der Waals surface area (Å²) in [4.78, 5) is 28.5. The first-order chi connectivity index (χ1) is 14.0. The summed E-state index contributed by atoms with van der Waals surface area (Å²) in [6.07, 6.45) is 0. The lowest BCUT2D eigenvalue weighted by Gasteiger charge is -2.37. The minimum absolute atomic E-state index is 0.0250. The van der Waals surface area contributed by atoms with Gasteiger partial charge >= 0.3 is 0 Å². The molecule has 152 valence electrons. The zero-order valence-corrected chi connectivity index (χ0v) is 18.1. The molecule has 2 aromatic carbocycles. The number of piperidine rings is 1. The second-order valence-corrected chi connectivity index (χ2v) is 8.59. The number of aryl methyl sites for hydroxylation is 1. The summed E-state index contributed by atoms with van der Waals surface area (Å²) in [5.41, 5.74) is 5.93. The van der Waals surface area contributed by atoms with E-state index in [9.17, 15) is 9.59 Å². The van der Waals surface area contributed by atoms with E-state index in [2.05, 4.69) is 38.5 Å². The van der Waals surface area contributed by atoms with Crippen molar-refractivity contribution in [2.45, 2.75) is 19.9 Å². The van der Waals surface area contributed by atoms with Gasteiger partial charge in [0.2, 0.25) is 11.8 Å². The van der Waals surface area contributed by atoms with Crippen LogP contribution in [0.25, 0.3) is 0 Å². The van der Waals surface area contributed by atoms with Crippen LogP contribution in [0, 0.1) is 18.8 Å². The van der Waals surface area contributed by atoms with Crippen molar-refractivity contribution in [2.75, 3.05) is 30.0 Å². The molecule has 29 heavy (non-hydrogen) atoms. The molecular weight excluding hydrogens is 432 g/mol. The van der Waals surface area contributed by atoms with Gasteiger partial charge in [-0.2, -0.15) is 0 Å². The van der Waals surface area contributed by atoms with Gasteiger partial charge in [-0.25, -0.2) is 10.4 Å². The van der Waals surface area contributed by atoms with Gasteiger partial charge in [0.1, 0.15) is 0 Å². The Bertz CT molecular complexity index is 920. The molecule has 0 aromatic heterocycles. The van der Waals surface area contributed by atoms with Crippen molar-refractivity contribution in [3.05, 3.63) is 58.6 Å². The molecule has 2 aromatic rings. The van der Waals surface area contributed by atoms with Gasteiger partial charge in [0.05, 0.1) is 23.6 Å². The molecule has 0 saturated carbocycles. The Kier molecular flexibility index (Phi) is 5.72. The highest BCUT2D eigenvalue weighted by atomic mass is 79.9. The first-order valence-corrected chi connectivity index (χ1v) is 10.7. The third-order valence-corrected chi connectivity index (χ3v) is 6.33. The molecule has 2 amide bonds. The van der Waals surface area contributed by atoms with Crippen LogP contribution in [0.2, 0.25) is 0 Å².